The number of anilines is 2. The third kappa shape index (κ3) is 2.57. The van der Waals surface area contributed by atoms with Crippen LogP contribution in [0.1, 0.15) is 5.69 Å². The number of nitrogens with two attached hydrogens (primary N) is 1. The van der Waals surface area contributed by atoms with E-state index in [4.69, 9.17) is 10.5 Å². The molecule has 1 amide bonds. The molecule has 1 aromatic carbocycles. The van der Waals surface area contributed by atoms with E-state index < -0.39 is 0 Å². The minimum atomic E-state index is -0.276. The number of rotatable bonds is 4. The Kier molecular flexibility index (Phi) is 3.42. The summed E-state index contributed by atoms with van der Waals surface area (Å²) in [5.74, 6) is 0.421. The first-order chi connectivity index (χ1) is 8.70. The molecule has 0 atom stereocenters. The maximum absolute atomic E-state index is 11.8. The number of benzene rings is 1. The van der Waals surface area contributed by atoms with Crippen molar-refractivity contribution >= 4 is 17.4 Å². The van der Waals surface area contributed by atoms with Crippen LogP contribution in [0.5, 0.6) is 5.75 Å². The quantitative estimate of drug-likeness (QED) is 0.831. The van der Waals surface area contributed by atoms with Crippen molar-refractivity contribution in [3.05, 3.63) is 30.0 Å². The molecule has 1 heterocycles. The fourth-order valence-corrected chi connectivity index (χ4v) is 1.43. The molecule has 1 aromatic heterocycles. The summed E-state index contributed by atoms with van der Waals surface area (Å²) in [5, 5.41) is 9.63. The van der Waals surface area contributed by atoms with Crippen LogP contribution in [0.15, 0.2) is 28.9 Å². The van der Waals surface area contributed by atoms with Gasteiger partial charge in [0.15, 0.2) is 5.82 Å². The Labute approximate surface area is 103 Å². The van der Waals surface area contributed by atoms with Crippen LogP contribution in [0.25, 0.3) is 0 Å². The highest BCUT2D eigenvalue weighted by atomic mass is 16.6. The number of amides is 1. The van der Waals surface area contributed by atoms with Crippen LogP contribution in [0.3, 0.4) is 0 Å². The second kappa shape index (κ2) is 5.17. The number of carbonyl (C=O) groups is 1. The van der Waals surface area contributed by atoms with Crippen molar-refractivity contribution in [3.8, 4) is 5.75 Å². The third-order valence-electron chi connectivity index (χ3n) is 2.29. The van der Waals surface area contributed by atoms with E-state index in [9.17, 15) is 4.79 Å². The van der Waals surface area contributed by atoms with Crippen molar-refractivity contribution in [2.75, 3.05) is 18.2 Å². The Morgan fingerprint density at radius 3 is 2.89 bits per heavy atom. The molecule has 0 aliphatic rings. The lowest BCUT2D eigenvalue weighted by Gasteiger charge is -2.08. The van der Waals surface area contributed by atoms with E-state index in [2.05, 4.69) is 20.3 Å². The molecule has 0 radical (unpaired) electrons. The molecule has 0 unspecified atom stereocenters. The summed E-state index contributed by atoms with van der Waals surface area (Å²) in [4.78, 5) is 11.8. The summed E-state index contributed by atoms with van der Waals surface area (Å²) in [7, 11) is 1.53. The summed E-state index contributed by atoms with van der Waals surface area (Å²) in [6, 6.07) is 7.10. The van der Waals surface area contributed by atoms with Crippen molar-refractivity contribution in [3.63, 3.8) is 0 Å². The number of ether oxygens (including phenoxy) is 1. The first kappa shape index (κ1) is 11.9. The molecular weight excluding hydrogens is 236 g/mol. The molecule has 3 N–H and O–H groups in total. The number of hydrogen-bond acceptors (Lipinski definition) is 6. The molecule has 0 spiro atoms. The van der Waals surface area contributed by atoms with E-state index in [0.717, 1.165) is 0 Å². The van der Waals surface area contributed by atoms with Crippen molar-refractivity contribution < 1.29 is 14.2 Å². The van der Waals surface area contributed by atoms with Gasteiger partial charge < -0.3 is 15.8 Å². The van der Waals surface area contributed by atoms with E-state index in [1.165, 1.54) is 7.11 Å². The Hall–Kier alpha value is -2.57. The van der Waals surface area contributed by atoms with Crippen molar-refractivity contribution in [1.29, 1.82) is 0 Å². The van der Waals surface area contributed by atoms with Crippen LogP contribution in [0.4, 0.5) is 11.5 Å². The fourth-order valence-electron chi connectivity index (χ4n) is 1.43. The average Bonchev–Trinajstić information content (AvgIpc) is 2.75. The SMILES string of the molecule is COc1ccccc1NC(=O)Cc1nonc1N. The smallest absolute Gasteiger partial charge is 0.230 e. The Morgan fingerprint density at radius 2 is 2.22 bits per heavy atom. The monoisotopic (exact) mass is 248 g/mol. The molecule has 7 heteroatoms. The lowest BCUT2D eigenvalue weighted by molar-refractivity contribution is -0.115. The van der Waals surface area contributed by atoms with E-state index in [1.54, 1.807) is 18.2 Å². The lowest BCUT2D eigenvalue weighted by atomic mass is 10.2. The Bertz CT molecular complexity index is 553. The summed E-state index contributed by atoms with van der Waals surface area (Å²) in [5.41, 5.74) is 6.36. The molecule has 0 saturated heterocycles. The molecule has 2 aromatic rings. The Morgan fingerprint density at radius 1 is 1.44 bits per heavy atom. The van der Waals surface area contributed by atoms with Crippen LogP contribution < -0.4 is 15.8 Å². The van der Waals surface area contributed by atoms with Gasteiger partial charge in [-0.3, -0.25) is 4.79 Å². The maximum Gasteiger partial charge on any atom is 0.230 e. The summed E-state index contributed by atoms with van der Waals surface area (Å²) >= 11 is 0. The highest BCUT2D eigenvalue weighted by Gasteiger charge is 2.13. The molecule has 0 aliphatic heterocycles. The maximum atomic E-state index is 11.8. The summed E-state index contributed by atoms with van der Waals surface area (Å²) in [6.45, 7) is 0. The zero-order chi connectivity index (χ0) is 13.0. The molecule has 18 heavy (non-hydrogen) atoms. The molecule has 94 valence electrons. The number of hydrogen-bond donors (Lipinski definition) is 2. The Balaban J connectivity index is 2.05. The minimum absolute atomic E-state index is 0.00657. The average molecular weight is 248 g/mol. The second-order valence-electron chi connectivity index (χ2n) is 3.52. The number of carbonyl (C=O) groups excluding carboxylic acids is 1. The van der Waals surface area contributed by atoms with Gasteiger partial charge in [-0.05, 0) is 17.3 Å². The first-order valence-corrected chi connectivity index (χ1v) is 5.20. The summed E-state index contributed by atoms with van der Waals surface area (Å²) in [6.07, 6.45) is -0.00657. The number of aromatic nitrogens is 2. The van der Waals surface area contributed by atoms with Gasteiger partial charge >= 0.3 is 0 Å². The lowest BCUT2D eigenvalue weighted by Crippen LogP contribution is -2.16. The minimum Gasteiger partial charge on any atom is -0.495 e. The number of para-hydroxylation sites is 2. The predicted molar refractivity (Wildman–Crippen MR) is 64.0 cm³/mol. The van der Waals surface area contributed by atoms with Crippen molar-refractivity contribution in [2.24, 2.45) is 0 Å². The van der Waals surface area contributed by atoms with E-state index in [0.29, 0.717) is 17.1 Å². The van der Waals surface area contributed by atoms with Gasteiger partial charge in [0, 0.05) is 0 Å². The highest BCUT2D eigenvalue weighted by molar-refractivity contribution is 5.93. The molecule has 0 aliphatic carbocycles. The molecule has 7 nitrogen and oxygen atoms in total. The molecule has 0 saturated carbocycles. The number of nitrogens with one attached hydrogen (secondary N) is 1. The van der Waals surface area contributed by atoms with Crippen LogP contribution in [-0.2, 0) is 11.2 Å². The van der Waals surface area contributed by atoms with Gasteiger partial charge in [0.1, 0.15) is 11.4 Å². The van der Waals surface area contributed by atoms with Crippen LogP contribution in [0.2, 0.25) is 0 Å². The van der Waals surface area contributed by atoms with Gasteiger partial charge in [-0.15, -0.1) is 0 Å². The topological polar surface area (TPSA) is 103 Å². The van der Waals surface area contributed by atoms with Gasteiger partial charge in [0.25, 0.3) is 0 Å². The normalized spacial score (nSPS) is 10.1. The van der Waals surface area contributed by atoms with Crippen LogP contribution in [0, 0.1) is 0 Å². The zero-order valence-electron chi connectivity index (χ0n) is 9.71. The van der Waals surface area contributed by atoms with Gasteiger partial charge in [-0.2, -0.15) is 0 Å². The second-order valence-corrected chi connectivity index (χ2v) is 3.52. The van der Waals surface area contributed by atoms with Crippen LogP contribution >= 0.6 is 0 Å². The van der Waals surface area contributed by atoms with Crippen LogP contribution in [-0.4, -0.2) is 23.3 Å². The third-order valence-corrected chi connectivity index (χ3v) is 2.29. The molecule has 0 bridgehead atoms. The number of methoxy groups -OCH3 is 1. The molecule has 2 rings (SSSR count). The van der Waals surface area contributed by atoms with E-state index in [1.807, 2.05) is 6.07 Å². The predicted octanol–water partition coefficient (Wildman–Crippen LogP) is 0.842. The van der Waals surface area contributed by atoms with E-state index >= 15 is 0 Å². The van der Waals surface area contributed by atoms with Gasteiger partial charge in [-0.25, -0.2) is 4.63 Å². The van der Waals surface area contributed by atoms with Gasteiger partial charge in [0.05, 0.1) is 19.2 Å². The highest BCUT2D eigenvalue weighted by Crippen LogP contribution is 2.23. The molecular formula is C11H12N4O3. The number of nitrogen functional groups attached to an aromatic ring is 1. The number of nitrogens with zero attached hydrogens (tertiary/aromatic N) is 2. The fraction of sp³-hybridized carbons (Fsp3) is 0.182. The van der Waals surface area contributed by atoms with Gasteiger partial charge in [0.2, 0.25) is 5.91 Å². The standard InChI is InChI=1S/C11H12N4O3/c1-17-9-5-3-2-4-7(9)13-10(16)6-8-11(12)15-18-14-8/h2-5H,6H2,1H3,(H2,12,15)(H,13,16). The largest absolute Gasteiger partial charge is 0.495 e. The van der Waals surface area contributed by atoms with Crippen molar-refractivity contribution in [2.45, 2.75) is 6.42 Å². The molecule has 0 fully saturated rings. The van der Waals surface area contributed by atoms with Crippen molar-refractivity contribution in [1.82, 2.24) is 10.3 Å². The van der Waals surface area contributed by atoms with E-state index in [-0.39, 0.29) is 18.1 Å². The zero-order valence-corrected chi connectivity index (χ0v) is 9.71. The first-order valence-electron chi connectivity index (χ1n) is 5.20. The summed E-state index contributed by atoms with van der Waals surface area (Å²) < 4.78 is 9.53. The van der Waals surface area contributed by atoms with Gasteiger partial charge in [-0.1, -0.05) is 17.3 Å².